The van der Waals surface area contributed by atoms with E-state index < -0.39 is 10.8 Å². The summed E-state index contributed by atoms with van der Waals surface area (Å²) in [6, 6.07) is 4.24. The Morgan fingerprint density at radius 2 is 2.19 bits per heavy atom. The lowest BCUT2D eigenvalue weighted by atomic mass is 10.1. The van der Waals surface area contributed by atoms with Crippen molar-refractivity contribution in [3.8, 4) is 0 Å². The van der Waals surface area contributed by atoms with E-state index in [-0.39, 0.29) is 37.6 Å². The maximum atomic E-state index is 12.5. The number of rotatable bonds is 8. The Labute approximate surface area is 122 Å². The Bertz CT molecular complexity index is 507. The van der Waals surface area contributed by atoms with Crippen molar-refractivity contribution in [2.24, 2.45) is 0 Å². The molecule has 2 N–H and O–H groups in total. The van der Waals surface area contributed by atoms with Crippen LogP contribution >= 0.6 is 0 Å². The average Bonchev–Trinajstić information content (AvgIpc) is 2.49. The molecule has 0 aliphatic heterocycles. The molecule has 1 aromatic carbocycles. The summed E-state index contributed by atoms with van der Waals surface area (Å²) in [6.45, 7) is 0.389. The van der Waals surface area contributed by atoms with Gasteiger partial charge >= 0.3 is 0 Å². The fraction of sp³-hybridized carbons (Fsp3) is 0.462. The van der Waals surface area contributed by atoms with Crippen molar-refractivity contribution in [1.82, 2.24) is 4.90 Å². The second-order valence-corrected chi connectivity index (χ2v) is 4.25. The summed E-state index contributed by atoms with van der Waals surface area (Å²) in [5, 5.41) is 22.9. The lowest BCUT2D eigenvalue weighted by Gasteiger charge is -2.21. The van der Waals surface area contributed by atoms with Crippen LogP contribution in [-0.4, -0.2) is 61.3 Å². The van der Waals surface area contributed by atoms with Gasteiger partial charge in [-0.05, 0) is 12.1 Å². The number of hydrogen-bond donors (Lipinski definition) is 2. The molecular weight excluding hydrogens is 278 g/mol. The molecule has 0 aromatic heterocycles. The van der Waals surface area contributed by atoms with E-state index in [9.17, 15) is 14.9 Å². The zero-order chi connectivity index (χ0) is 15.8. The van der Waals surface area contributed by atoms with Gasteiger partial charge in [0, 0.05) is 39.0 Å². The molecule has 1 rings (SSSR count). The molecule has 0 aliphatic carbocycles. The first kappa shape index (κ1) is 16.9. The largest absolute Gasteiger partial charge is 0.395 e. The summed E-state index contributed by atoms with van der Waals surface area (Å²) in [5.74, 6) is -0.509. The summed E-state index contributed by atoms with van der Waals surface area (Å²) in [7, 11) is 3.15. The van der Waals surface area contributed by atoms with Crippen LogP contribution in [0.1, 0.15) is 10.4 Å². The van der Waals surface area contributed by atoms with Crippen molar-refractivity contribution < 1.29 is 19.6 Å². The van der Waals surface area contributed by atoms with Crippen molar-refractivity contribution in [1.29, 1.82) is 0 Å². The van der Waals surface area contributed by atoms with Crippen molar-refractivity contribution in [3.63, 3.8) is 0 Å². The highest BCUT2D eigenvalue weighted by atomic mass is 16.6. The third-order valence-electron chi connectivity index (χ3n) is 2.93. The molecule has 116 valence electrons. The Morgan fingerprint density at radius 1 is 1.48 bits per heavy atom. The third-order valence-corrected chi connectivity index (χ3v) is 2.93. The fourth-order valence-electron chi connectivity index (χ4n) is 1.83. The normalized spacial score (nSPS) is 10.2. The SMILES string of the molecule is CNc1ccc([N+](=O)[O-])c(C(=O)N(CCO)CCOC)c1. The van der Waals surface area contributed by atoms with Crippen LogP contribution in [0.5, 0.6) is 0 Å². The number of nitrogens with zero attached hydrogens (tertiary/aromatic N) is 2. The van der Waals surface area contributed by atoms with E-state index in [1.54, 1.807) is 7.05 Å². The molecule has 1 aromatic rings. The van der Waals surface area contributed by atoms with Crippen LogP contribution in [0.15, 0.2) is 18.2 Å². The number of anilines is 1. The molecule has 8 heteroatoms. The molecule has 0 aliphatic rings. The zero-order valence-electron chi connectivity index (χ0n) is 12.0. The molecule has 1 amide bonds. The summed E-state index contributed by atoms with van der Waals surface area (Å²) < 4.78 is 4.91. The van der Waals surface area contributed by atoms with Gasteiger partial charge in [-0.25, -0.2) is 0 Å². The van der Waals surface area contributed by atoms with E-state index in [2.05, 4.69) is 5.32 Å². The van der Waals surface area contributed by atoms with E-state index in [0.29, 0.717) is 5.69 Å². The average molecular weight is 297 g/mol. The Morgan fingerprint density at radius 3 is 2.71 bits per heavy atom. The van der Waals surface area contributed by atoms with Crippen molar-refractivity contribution >= 4 is 17.3 Å². The number of hydrogen-bond acceptors (Lipinski definition) is 6. The number of amides is 1. The summed E-state index contributed by atoms with van der Waals surface area (Å²) in [5.41, 5.74) is 0.315. The number of nitro benzene ring substituents is 1. The number of nitrogens with one attached hydrogen (secondary N) is 1. The molecule has 0 saturated carbocycles. The molecule has 0 unspecified atom stereocenters. The van der Waals surface area contributed by atoms with Crippen LogP contribution in [0.4, 0.5) is 11.4 Å². The summed E-state index contributed by atoms with van der Waals surface area (Å²) >= 11 is 0. The molecule has 0 atom stereocenters. The van der Waals surface area contributed by atoms with E-state index in [4.69, 9.17) is 9.84 Å². The first-order valence-corrected chi connectivity index (χ1v) is 6.40. The number of aliphatic hydroxyl groups excluding tert-OH is 1. The molecule has 0 saturated heterocycles. The van der Waals surface area contributed by atoms with Gasteiger partial charge in [0.2, 0.25) is 0 Å². The van der Waals surface area contributed by atoms with Gasteiger partial charge in [0.05, 0.1) is 18.1 Å². The maximum Gasteiger partial charge on any atom is 0.282 e. The number of nitro groups is 1. The molecule has 8 nitrogen and oxygen atoms in total. The van der Waals surface area contributed by atoms with Crippen LogP contribution in [0, 0.1) is 10.1 Å². The minimum Gasteiger partial charge on any atom is -0.395 e. The van der Waals surface area contributed by atoms with Crippen LogP contribution in [0.2, 0.25) is 0 Å². The lowest BCUT2D eigenvalue weighted by molar-refractivity contribution is -0.385. The highest BCUT2D eigenvalue weighted by molar-refractivity contribution is 5.99. The van der Waals surface area contributed by atoms with Crippen molar-refractivity contribution in [2.75, 3.05) is 45.8 Å². The van der Waals surface area contributed by atoms with Crippen molar-refractivity contribution in [3.05, 3.63) is 33.9 Å². The van der Waals surface area contributed by atoms with Gasteiger partial charge in [-0.2, -0.15) is 0 Å². The van der Waals surface area contributed by atoms with Gasteiger partial charge in [0.25, 0.3) is 11.6 Å². The molecular formula is C13H19N3O5. The molecule has 0 heterocycles. The molecule has 0 fully saturated rings. The topological polar surface area (TPSA) is 105 Å². The predicted molar refractivity (Wildman–Crippen MR) is 77.5 cm³/mol. The quantitative estimate of drug-likeness (QED) is 0.541. The van der Waals surface area contributed by atoms with Crippen molar-refractivity contribution in [2.45, 2.75) is 0 Å². The Kier molecular flexibility index (Phi) is 6.57. The highest BCUT2D eigenvalue weighted by Gasteiger charge is 2.24. The van der Waals surface area contributed by atoms with Crippen LogP contribution in [-0.2, 0) is 4.74 Å². The summed E-state index contributed by atoms with van der Waals surface area (Å²) in [4.78, 5) is 24.2. The minimum absolute atomic E-state index is 0.0172. The predicted octanol–water partition coefficient (Wildman–Crippen LogP) is 0.717. The second kappa shape index (κ2) is 8.18. The van der Waals surface area contributed by atoms with Crippen LogP contribution in [0.3, 0.4) is 0 Å². The lowest BCUT2D eigenvalue weighted by Crippen LogP contribution is -2.36. The van der Waals surface area contributed by atoms with E-state index in [1.807, 2.05) is 0 Å². The zero-order valence-corrected chi connectivity index (χ0v) is 12.0. The number of methoxy groups -OCH3 is 1. The monoisotopic (exact) mass is 297 g/mol. The maximum absolute atomic E-state index is 12.5. The highest BCUT2D eigenvalue weighted by Crippen LogP contribution is 2.24. The summed E-state index contributed by atoms with van der Waals surface area (Å²) in [6.07, 6.45) is 0. The van der Waals surface area contributed by atoms with Gasteiger partial charge in [-0.3, -0.25) is 14.9 Å². The van der Waals surface area contributed by atoms with Crippen LogP contribution in [0.25, 0.3) is 0 Å². The van der Waals surface area contributed by atoms with E-state index in [0.717, 1.165) is 0 Å². The third kappa shape index (κ3) is 4.40. The van der Waals surface area contributed by atoms with Gasteiger partial charge in [0.15, 0.2) is 0 Å². The number of aliphatic hydroxyl groups is 1. The van der Waals surface area contributed by atoms with E-state index in [1.165, 1.54) is 30.2 Å². The number of carbonyl (C=O) groups is 1. The second-order valence-electron chi connectivity index (χ2n) is 4.25. The smallest absolute Gasteiger partial charge is 0.282 e. The number of carbonyl (C=O) groups excluding carboxylic acids is 1. The first-order valence-electron chi connectivity index (χ1n) is 6.40. The number of ether oxygens (including phenoxy) is 1. The number of benzene rings is 1. The van der Waals surface area contributed by atoms with Gasteiger partial charge in [-0.1, -0.05) is 0 Å². The molecule has 0 bridgehead atoms. The molecule has 21 heavy (non-hydrogen) atoms. The standard InChI is InChI=1S/C13H19N3O5/c1-14-10-3-4-12(16(19)20)11(9-10)13(18)15(5-7-17)6-8-21-2/h3-4,9,14,17H,5-8H2,1-2H3. The molecule has 0 radical (unpaired) electrons. The Balaban J connectivity index is 3.14. The minimum atomic E-state index is -0.597. The van der Waals surface area contributed by atoms with Gasteiger partial charge < -0.3 is 20.1 Å². The van der Waals surface area contributed by atoms with Gasteiger partial charge in [0.1, 0.15) is 5.56 Å². The first-order chi connectivity index (χ1) is 10.0. The Hall–Kier alpha value is -2.19. The van der Waals surface area contributed by atoms with E-state index >= 15 is 0 Å². The molecule has 0 spiro atoms. The fourth-order valence-corrected chi connectivity index (χ4v) is 1.83. The van der Waals surface area contributed by atoms with Gasteiger partial charge in [-0.15, -0.1) is 0 Å². The van der Waals surface area contributed by atoms with Crippen LogP contribution < -0.4 is 5.32 Å².